The molecule has 0 aliphatic heterocycles. The number of hydrogen-bond donors (Lipinski definition) is 0. The summed E-state index contributed by atoms with van der Waals surface area (Å²) < 4.78 is 2.51. The van der Waals surface area contributed by atoms with Gasteiger partial charge >= 0.3 is 0 Å². The van der Waals surface area contributed by atoms with Crippen LogP contribution in [0.3, 0.4) is 0 Å². The minimum absolute atomic E-state index is 0.0871. The number of aromatic nitrogens is 1. The standard InChI is InChI=1S/C72H58N2/c1-71(2,3)56-33-36-59(50-25-17-10-18-26-50)68(46-56)73(58-42-55(49-23-15-9-16-24-49)41-57(45-58)72(4,5)6)64-37-29-51-28-35-61-65(38-30-52-27-34-60(64)69(51)70(52)61)74-66-39-31-53(47-19-11-7-12-20-47)43-62(66)63-44-54(32-40-67(63)74)48-21-13-8-14-22-48/h7-46H,1-6H3. The summed E-state index contributed by atoms with van der Waals surface area (Å²) in [6.07, 6.45) is 0. The van der Waals surface area contributed by atoms with Gasteiger partial charge in [-0.1, -0.05) is 230 Å². The van der Waals surface area contributed by atoms with Crippen LogP contribution in [-0.4, -0.2) is 4.57 Å². The molecule has 0 bridgehead atoms. The first-order valence-electron chi connectivity index (χ1n) is 26.1. The summed E-state index contributed by atoms with van der Waals surface area (Å²) in [5, 5.41) is 9.91. The molecule has 0 unspecified atom stereocenters. The molecule has 0 radical (unpaired) electrons. The molecule has 356 valence electrons. The third-order valence-electron chi connectivity index (χ3n) is 15.4. The van der Waals surface area contributed by atoms with E-state index in [-0.39, 0.29) is 10.8 Å². The third-order valence-corrected chi connectivity index (χ3v) is 15.4. The highest BCUT2D eigenvalue weighted by Crippen LogP contribution is 2.50. The molecule has 12 aromatic carbocycles. The summed E-state index contributed by atoms with van der Waals surface area (Å²) in [5.74, 6) is 0. The van der Waals surface area contributed by atoms with Crippen molar-refractivity contribution in [1.29, 1.82) is 0 Å². The van der Waals surface area contributed by atoms with Gasteiger partial charge in [0.1, 0.15) is 0 Å². The quantitative estimate of drug-likeness (QED) is 0.138. The first-order valence-corrected chi connectivity index (χ1v) is 26.1. The summed E-state index contributed by atoms with van der Waals surface area (Å²) in [5.41, 5.74) is 19.0. The van der Waals surface area contributed by atoms with E-state index in [1.807, 2.05) is 0 Å². The summed E-state index contributed by atoms with van der Waals surface area (Å²) in [4.78, 5) is 2.58. The van der Waals surface area contributed by atoms with Crippen LogP contribution in [0.2, 0.25) is 0 Å². The Morgan fingerprint density at radius 1 is 0.311 bits per heavy atom. The molecule has 0 fully saturated rings. The van der Waals surface area contributed by atoms with Crippen LogP contribution in [0, 0.1) is 0 Å². The van der Waals surface area contributed by atoms with Gasteiger partial charge < -0.3 is 9.47 Å². The Kier molecular flexibility index (Phi) is 10.7. The molecule has 0 saturated carbocycles. The van der Waals surface area contributed by atoms with E-state index < -0.39 is 0 Å². The highest BCUT2D eigenvalue weighted by atomic mass is 15.1. The fourth-order valence-corrected chi connectivity index (χ4v) is 11.5. The molecule has 0 spiro atoms. The molecule has 0 saturated heterocycles. The molecular formula is C72H58N2. The van der Waals surface area contributed by atoms with Crippen molar-refractivity contribution in [2.75, 3.05) is 4.90 Å². The smallest absolute Gasteiger partial charge is 0.0543 e. The van der Waals surface area contributed by atoms with Crippen molar-refractivity contribution in [1.82, 2.24) is 4.57 Å². The second kappa shape index (κ2) is 17.5. The van der Waals surface area contributed by atoms with Crippen molar-refractivity contribution in [3.05, 3.63) is 254 Å². The second-order valence-electron chi connectivity index (χ2n) is 22.2. The molecule has 13 aromatic rings. The van der Waals surface area contributed by atoms with Crippen LogP contribution in [0.15, 0.2) is 243 Å². The molecule has 2 nitrogen and oxygen atoms in total. The normalized spacial score (nSPS) is 12.2. The topological polar surface area (TPSA) is 8.17 Å². The Morgan fingerprint density at radius 3 is 1.35 bits per heavy atom. The minimum atomic E-state index is -0.112. The summed E-state index contributed by atoms with van der Waals surface area (Å²) >= 11 is 0. The lowest BCUT2D eigenvalue weighted by Crippen LogP contribution is -2.17. The van der Waals surface area contributed by atoms with Gasteiger partial charge in [0.2, 0.25) is 0 Å². The molecular weight excluding hydrogens is 893 g/mol. The number of hydrogen-bond acceptors (Lipinski definition) is 1. The zero-order chi connectivity index (χ0) is 50.3. The van der Waals surface area contributed by atoms with Gasteiger partial charge in [-0.25, -0.2) is 0 Å². The van der Waals surface area contributed by atoms with Crippen LogP contribution in [0.1, 0.15) is 52.7 Å². The first-order chi connectivity index (χ1) is 36.0. The van der Waals surface area contributed by atoms with E-state index in [1.165, 1.54) is 115 Å². The van der Waals surface area contributed by atoms with Crippen LogP contribution in [-0.2, 0) is 10.8 Å². The highest BCUT2D eigenvalue weighted by molar-refractivity contribution is 6.28. The van der Waals surface area contributed by atoms with Gasteiger partial charge in [0.15, 0.2) is 0 Å². The van der Waals surface area contributed by atoms with E-state index in [0.717, 1.165) is 17.1 Å². The van der Waals surface area contributed by atoms with Gasteiger partial charge in [-0.05, 0) is 137 Å². The van der Waals surface area contributed by atoms with Crippen molar-refractivity contribution < 1.29 is 0 Å². The average Bonchev–Trinajstić information content (AvgIpc) is 3.76. The molecule has 0 N–H and O–H groups in total. The molecule has 0 aliphatic rings. The molecule has 2 heteroatoms. The van der Waals surface area contributed by atoms with Gasteiger partial charge in [-0.15, -0.1) is 0 Å². The van der Waals surface area contributed by atoms with Crippen LogP contribution in [0.25, 0.3) is 104 Å². The van der Waals surface area contributed by atoms with Crippen molar-refractivity contribution in [3.63, 3.8) is 0 Å². The first kappa shape index (κ1) is 45.2. The third kappa shape index (κ3) is 7.72. The molecule has 13 rings (SSSR count). The molecule has 0 atom stereocenters. The van der Waals surface area contributed by atoms with Crippen molar-refractivity contribution in [3.8, 4) is 50.2 Å². The van der Waals surface area contributed by atoms with Crippen LogP contribution in [0.5, 0.6) is 0 Å². The van der Waals surface area contributed by atoms with E-state index in [4.69, 9.17) is 0 Å². The van der Waals surface area contributed by atoms with E-state index in [2.05, 4.69) is 294 Å². The van der Waals surface area contributed by atoms with E-state index in [1.54, 1.807) is 0 Å². The summed E-state index contributed by atoms with van der Waals surface area (Å²) in [7, 11) is 0. The number of benzene rings is 12. The maximum Gasteiger partial charge on any atom is 0.0543 e. The van der Waals surface area contributed by atoms with E-state index >= 15 is 0 Å². The summed E-state index contributed by atoms with van der Waals surface area (Å²) in [6.45, 7) is 14.0. The van der Waals surface area contributed by atoms with Crippen LogP contribution >= 0.6 is 0 Å². The maximum atomic E-state index is 2.58. The number of nitrogens with zero attached hydrogens (tertiary/aromatic N) is 2. The van der Waals surface area contributed by atoms with Gasteiger partial charge in [0, 0.05) is 32.8 Å². The molecule has 0 aliphatic carbocycles. The lowest BCUT2D eigenvalue weighted by molar-refractivity contribution is 0.590. The molecule has 1 heterocycles. The SMILES string of the molecule is CC(C)(C)c1cc(-c2ccccc2)cc(N(c2cc(C(C)(C)C)ccc2-c2ccccc2)c2ccc3ccc4c(-n5c6ccc(-c7ccccc7)cc6c6cc(-c7ccccc7)ccc65)ccc5ccc2c3c54)c1. The minimum Gasteiger partial charge on any atom is -0.309 e. The van der Waals surface area contributed by atoms with Gasteiger partial charge in [0.25, 0.3) is 0 Å². The Balaban J connectivity index is 1.10. The van der Waals surface area contributed by atoms with Crippen molar-refractivity contribution in [2.45, 2.75) is 52.4 Å². The van der Waals surface area contributed by atoms with Gasteiger partial charge in [-0.3, -0.25) is 0 Å². The number of rotatable bonds is 8. The average molecular weight is 951 g/mol. The zero-order valence-electron chi connectivity index (χ0n) is 43.0. The van der Waals surface area contributed by atoms with Crippen LogP contribution in [0.4, 0.5) is 17.1 Å². The molecule has 74 heavy (non-hydrogen) atoms. The monoisotopic (exact) mass is 950 g/mol. The Labute approximate surface area is 434 Å². The largest absolute Gasteiger partial charge is 0.309 e. The predicted octanol–water partition coefficient (Wildman–Crippen LogP) is 20.4. The van der Waals surface area contributed by atoms with Gasteiger partial charge in [-0.2, -0.15) is 0 Å². The van der Waals surface area contributed by atoms with Crippen molar-refractivity contribution >= 4 is 71.2 Å². The molecule has 0 amide bonds. The molecule has 1 aromatic heterocycles. The summed E-state index contributed by atoms with van der Waals surface area (Å²) in [6, 6.07) is 90.6. The van der Waals surface area contributed by atoms with E-state index in [9.17, 15) is 0 Å². The maximum absolute atomic E-state index is 2.58. The zero-order valence-corrected chi connectivity index (χ0v) is 43.0. The number of fused-ring (bicyclic) bond motifs is 3. The van der Waals surface area contributed by atoms with E-state index in [0.29, 0.717) is 0 Å². The number of anilines is 3. The lowest BCUT2D eigenvalue weighted by Gasteiger charge is -2.33. The second-order valence-corrected chi connectivity index (χ2v) is 22.2. The Hall–Kier alpha value is -8.72. The lowest BCUT2D eigenvalue weighted by atomic mass is 9.84. The fraction of sp³-hybridized carbons (Fsp3) is 0.111. The Morgan fingerprint density at radius 2 is 0.797 bits per heavy atom. The van der Waals surface area contributed by atoms with Crippen LogP contribution < -0.4 is 4.90 Å². The van der Waals surface area contributed by atoms with Gasteiger partial charge in [0.05, 0.1) is 28.1 Å². The highest BCUT2D eigenvalue weighted by Gasteiger charge is 2.27. The van der Waals surface area contributed by atoms with Crippen molar-refractivity contribution in [2.24, 2.45) is 0 Å². The predicted molar refractivity (Wildman–Crippen MR) is 318 cm³/mol. The fourth-order valence-electron chi connectivity index (χ4n) is 11.5. The Bertz CT molecular complexity index is 4130.